The molecule has 1 N–H and O–H groups in total. The normalized spacial score (nSPS) is 19.9. The molecule has 4 heteroatoms. The minimum absolute atomic E-state index is 0.00601. The molecule has 1 aliphatic rings. The molecule has 0 saturated carbocycles. The highest BCUT2D eigenvalue weighted by Gasteiger charge is 2.30. The van der Waals surface area contributed by atoms with E-state index in [1.165, 1.54) is 5.56 Å². The number of carbonyl (C=O) groups is 1. The average molecular weight is 339 g/mol. The molecule has 1 fully saturated rings. The summed E-state index contributed by atoms with van der Waals surface area (Å²) >= 11 is 3.60. The molecule has 0 radical (unpaired) electrons. The number of hydrogen-bond acceptors (Lipinski definition) is 2. The first-order valence-electron chi connectivity index (χ1n) is 7.43. The van der Waals surface area contributed by atoms with Gasteiger partial charge in [0.15, 0.2) is 0 Å². The van der Waals surface area contributed by atoms with E-state index in [4.69, 9.17) is 0 Å². The molecule has 2 atom stereocenters. The molecule has 1 aliphatic heterocycles. The van der Waals surface area contributed by atoms with Gasteiger partial charge in [0.05, 0.1) is 12.1 Å². The summed E-state index contributed by atoms with van der Waals surface area (Å²) in [6, 6.07) is 8.26. The van der Waals surface area contributed by atoms with Crippen LogP contribution in [-0.4, -0.2) is 29.9 Å². The van der Waals surface area contributed by atoms with E-state index in [0.29, 0.717) is 0 Å². The minimum atomic E-state index is 0.00601. The Hall–Kier alpha value is -0.870. The zero-order chi connectivity index (χ0) is 14.5. The lowest BCUT2D eigenvalue weighted by atomic mass is 10.0. The maximum Gasteiger partial charge on any atom is 0.240 e. The van der Waals surface area contributed by atoms with E-state index in [0.717, 1.165) is 36.8 Å². The van der Waals surface area contributed by atoms with Gasteiger partial charge in [-0.3, -0.25) is 4.79 Å². The van der Waals surface area contributed by atoms with Gasteiger partial charge in [-0.1, -0.05) is 41.1 Å². The second kappa shape index (κ2) is 7.23. The van der Waals surface area contributed by atoms with Crippen molar-refractivity contribution in [2.45, 2.75) is 45.2 Å². The summed E-state index contributed by atoms with van der Waals surface area (Å²) in [5.41, 5.74) is 1.17. The van der Waals surface area contributed by atoms with Crippen LogP contribution in [0.5, 0.6) is 0 Å². The second-order valence-electron chi connectivity index (χ2n) is 5.38. The number of nitrogens with one attached hydrogen (secondary N) is 1. The Morgan fingerprint density at radius 2 is 2.25 bits per heavy atom. The minimum Gasteiger partial charge on any atom is -0.335 e. The summed E-state index contributed by atoms with van der Waals surface area (Å²) in [6.07, 6.45) is 3.04. The maximum atomic E-state index is 12.7. The Balaban J connectivity index is 2.19. The first kappa shape index (κ1) is 15.5. The maximum absolute atomic E-state index is 12.7. The third-order valence-corrected chi connectivity index (χ3v) is 4.65. The lowest BCUT2D eigenvalue weighted by Gasteiger charge is -2.32. The van der Waals surface area contributed by atoms with Crippen molar-refractivity contribution in [1.29, 1.82) is 0 Å². The molecule has 0 spiro atoms. The predicted molar refractivity (Wildman–Crippen MR) is 85.6 cm³/mol. The van der Waals surface area contributed by atoms with Crippen LogP contribution in [0.2, 0.25) is 0 Å². The van der Waals surface area contributed by atoms with Crippen LogP contribution in [0.25, 0.3) is 0 Å². The van der Waals surface area contributed by atoms with Crippen molar-refractivity contribution in [3.05, 3.63) is 34.3 Å². The van der Waals surface area contributed by atoms with Crippen LogP contribution in [0.15, 0.2) is 28.7 Å². The fourth-order valence-corrected chi connectivity index (χ4v) is 3.43. The second-order valence-corrected chi connectivity index (χ2v) is 6.23. The standard InChI is InChI=1S/C16H23BrN2O/c1-3-11-19(16(20)15-9-6-10-18-15)12(2)13-7-4-5-8-14(13)17/h4-5,7-8,12,15,18H,3,6,9-11H2,1-2H3/t12?,15-/m0/s1. The number of carbonyl (C=O) groups excluding carboxylic acids is 1. The van der Waals surface area contributed by atoms with Crippen molar-refractivity contribution in [2.75, 3.05) is 13.1 Å². The molecule has 3 nitrogen and oxygen atoms in total. The summed E-state index contributed by atoms with van der Waals surface area (Å²) in [5, 5.41) is 3.31. The summed E-state index contributed by atoms with van der Waals surface area (Å²) in [7, 11) is 0. The fraction of sp³-hybridized carbons (Fsp3) is 0.562. The highest BCUT2D eigenvalue weighted by atomic mass is 79.9. The smallest absolute Gasteiger partial charge is 0.240 e. The SMILES string of the molecule is CCCN(C(=O)[C@@H]1CCCN1)C(C)c1ccccc1Br. The Bertz CT molecular complexity index is 458. The molecule has 20 heavy (non-hydrogen) atoms. The Labute approximate surface area is 129 Å². The van der Waals surface area contributed by atoms with E-state index >= 15 is 0 Å². The topological polar surface area (TPSA) is 32.3 Å². The van der Waals surface area contributed by atoms with Gasteiger partial charge in [0.2, 0.25) is 5.91 Å². The van der Waals surface area contributed by atoms with Crippen LogP contribution in [-0.2, 0) is 4.79 Å². The van der Waals surface area contributed by atoms with E-state index in [-0.39, 0.29) is 18.0 Å². The third kappa shape index (κ3) is 3.41. The van der Waals surface area contributed by atoms with Gasteiger partial charge in [0, 0.05) is 11.0 Å². The Kier molecular flexibility index (Phi) is 5.61. The zero-order valence-electron chi connectivity index (χ0n) is 12.2. The van der Waals surface area contributed by atoms with E-state index in [1.807, 2.05) is 23.1 Å². The van der Waals surface area contributed by atoms with Crippen molar-refractivity contribution in [3.8, 4) is 0 Å². The third-order valence-electron chi connectivity index (χ3n) is 3.93. The largest absolute Gasteiger partial charge is 0.335 e. The van der Waals surface area contributed by atoms with Crippen molar-refractivity contribution in [3.63, 3.8) is 0 Å². The Morgan fingerprint density at radius 3 is 2.85 bits per heavy atom. The van der Waals surface area contributed by atoms with Crippen LogP contribution in [0, 0.1) is 0 Å². The molecule has 0 aliphatic carbocycles. The molecule has 1 amide bonds. The number of rotatable bonds is 5. The molecule has 0 bridgehead atoms. The number of amides is 1. The quantitative estimate of drug-likeness (QED) is 0.891. The summed E-state index contributed by atoms with van der Waals surface area (Å²) in [5.74, 6) is 0.243. The molecular weight excluding hydrogens is 316 g/mol. The van der Waals surface area contributed by atoms with E-state index in [9.17, 15) is 4.79 Å². The van der Waals surface area contributed by atoms with Gasteiger partial charge < -0.3 is 10.2 Å². The molecule has 2 rings (SSSR count). The van der Waals surface area contributed by atoms with Gasteiger partial charge in [-0.05, 0) is 44.4 Å². The summed E-state index contributed by atoms with van der Waals surface area (Å²) in [4.78, 5) is 14.7. The van der Waals surface area contributed by atoms with Gasteiger partial charge in [0.1, 0.15) is 0 Å². The van der Waals surface area contributed by atoms with Crippen LogP contribution in [0.4, 0.5) is 0 Å². The first-order chi connectivity index (χ1) is 9.65. The van der Waals surface area contributed by atoms with Gasteiger partial charge in [-0.2, -0.15) is 0 Å². The summed E-state index contributed by atoms with van der Waals surface area (Å²) in [6.45, 7) is 6.00. The first-order valence-corrected chi connectivity index (χ1v) is 8.22. The van der Waals surface area contributed by atoms with Crippen LogP contribution in [0.1, 0.15) is 44.7 Å². The lowest BCUT2D eigenvalue weighted by Crippen LogP contribution is -2.45. The molecule has 1 unspecified atom stereocenters. The predicted octanol–water partition coefficient (Wildman–Crippen LogP) is 3.50. The fourth-order valence-electron chi connectivity index (χ4n) is 2.81. The van der Waals surface area contributed by atoms with E-state index in [1.54, 1.807) is 0 Å². The molecule has 0 aromatic heterocycles. The van der Waals surface area contributed by atoms with Crippen molar-refractivity contribution in [1.82, 2.24) is 10.2 Å². The molecular formula is C16H23BrN2O. The van der Waals surface area contributed by atoms with Crippen LogP contribution >= 0.6 is 15.9 Å². The number of hydrogen-bond donors (Lipinski definition) is 1. The average Bonchev–Trinajstić information content (AvgIpc) is 2.98. The summed E-state index contributed by atoms with van der Waals surface area (Å²) < 4.78 is 1.07. The van der Waals surface area contributed by atoms with Gasteiger partial charge in [0.25, 0.3) is 0 Å². The lowest BCUT2D eigenvalue weighted by molar-refractivity contribution is -0.135. The molecule has 1 aromatic carbocycles. The van der Waals surface area contributed by atoms with Crippen molar-refractivity contribution < 1.29 is 4.79 Å². The van der Waals surface area contributed by atoms with E-state index < -0.39 is 0 Å². The van der Waals surface area contributed by atoms with Crippen LogP contribution < -0.4 is 5.32 Å². The zero-order valence-corrected chi connectivity index (χ0v) is 13.8. The van der Waals surface area contributed by atoms with Gasteiger partial charge >= 0.3 is 0 Å². The molecule has 1 saturated heterocycles. The monoisotopic (exact) mass is 338 g/mol. The highest BCUT2D eigenvalue weighted by molar-refractivity contribution is 9.10. The van der Waals surface area contributed by atoms with Gasteiger partial charge in [-0.25, -0.2) is 0 Å². The number of benzene rings is 1. The number of nitrogens with zero attached hydrogens (tertiary/aromatic N) is 1. The van der Waals surface area contributed by atoms with Crippen molar-refractivity contribution in [2.24, 2.45) is 0 Å². The van der Waals surface area contributed by atoms with Crippen LogP contribution in [0.3, 0.4) is 0 Å². The van der Waals surface area contributed by atoms with Crippen molar-refractivity contribution >= 4 is 21.8 Å². The number of halogens is 1. The highest BCUT2D eigenvalue weighted by Crippen LogP contribution is 2.28. The molecule has 1 aromatic rings. The molecule has 110 valence electrons. The Morgan fingerprint density at radius 1 is 1.50 bits per heavy atom. The van der Waals surface area contributed by atoms with Gasteiger partial charge in [-0.15, -0.1) is 0 Å². The van der Waals surface area contributed by atoms with E-state index in [2.05, 4.69) is 41.2 Å². The molecule has 1 heterocycles.